The average Bonchev–Trinajstić information content (AvgIpc) is 2.85. The molecule has 0 aliphatic rings. The Balaban J connectivity index is 1.82. The lowest BCUT2D eigenvalue weighted by molar-refractivity contribution is 0.580. The Morgan fingerprint density at radius 1 is 1.14 bits per heavy atom. The molecule has 0 radical (unpaired) electrons. The molecule has 1 heterocycles. The molecule has 22 heavy (non-hydrogen) atoms. The van der Waals surface area contributed by atoms with Gasteiger partial charge in [0.25, 0.3) is 0 Å². The number of H-pyrrole nitrogens is 1. The molecule has 0 fully saturated rings. The number of sulfonamides is 1. The van der Waals surface area contributed by atoms with Crippen molar-refractivity contribution in [2.75, 3.05) is 0 Å². The number of benzene rings is 2. The van der Waals surface area contributed by atoms with Crippen molar-refractivity contribution in [2.45, 2.75) is 25.3 Å². The Bertz CT molecular complexity index is 929. The standard InChI is InChI=1S/C16H17N3O2S/c1-11-5-3-4-6-16(11)22(20,21)17-10-13-7-8-14-15(9-13)19-12(2)18-14/h3-9,17H,10H2,1-2H3,(H,18,19). The van der Waals surface area contributed by atoms with Gasteiger partial charge in [0.1, 0.15) is 5.82 Å². The molecule has 6 heteroatoms. The number of aromatic nitrogens is 2. The molecule has 5 nitrogen and oxygen atoms in total. The largest absolute Gasteiger partial charge is 0.342 e. The van der Waals surface area contributed by atoms with E-state index in [1.54, 1.807) is 25.1 Å². The Morgan fingerprint density at radius 3 is 2.68 bits per heavy atom. The molecule has 0 bridgehead atoms. The van der Waals surface area contributed by atoms with E-state index in [1.165, 1.54) is 0 Å². The van der Waals surface area contributed by atoms with E-state index in [4.69, 9.17) is 0 Å². The van der Waals surface area contributed by atoms with Gasteiger partial charge in [0.15, 0.2) is 0 Å². The number of rotatable bonds is 4. The summed E-state index contributed by atoms with van der Waals surface area (Å²) in [6.07, 6.45) is 0. The van der Waals surface area contributed by atoms with Crippen LogP contribution in [0.5, 0.6) is 0 Å². The maximum absolute atomic E-state index is 12.4. The van der Waals surface area contributed by atoms with E-state index in [1.807, 2.05) is 31.2 Å². The number of aromatic amines is 1. The van der Waals surface area contributed by atoms with Gasteiger partial charge in [-0.1, -0.05) is 24.3 Å². The van der Waals surface area contributed by atoms with Crippen LogP contribution in [0.2, 0.25) is 0 Å². The molecule has 1 aromatic heterocycles. The van der Waals surface area contributed by atoms with Crippen LogP contribution in [0.1, 0.15) is 17.0 Å². The Labute approximate surface area is 129 Å². The molecule has 0 amide bonds. The van der Waals surface area contributed by atoms with Crippen LogP contribution in [0.15, 0.2) is 47.4 Å². The normalized spacial score (nSPS) is 11.9. The van der Waals surface area contributed by atoms with Crippen molar-refractivity contribution in [1.82, 2.24) is 14.7 Å². The zero-order chi connectivity index (χ0) is 15.7. The van der Waals surface area contributed by atoms with Gasteiger partial charge in [0, 0.05) is 6.54 Å². The number of fused-ring (bicyclic) bond motifs is 1. The summed E-state index contributed by atoms with van der Waals surface area (Å²) in [5.41, 5.74) is 3.40. The quantitative estimate of drug-likeness (QED) is 0.777. The van der Waals surface area contributed by atoms with E-state index in [0.717, 1.165) is 28.0 Å². The van der Waals surface area contributed by atoms with Crippen LogP contribution < -0.4 is 4.72 Å². The molecule has 0 saturated carbocycles. The van der Waals surface area contributed by atoms with Gasteiger partial charge in [-0.2, -0.15) is 0 Å². The highest BCUT2D eigenvalue weighted by atomic mass is 32.2. The maximum Gasteiger partial charge on any atom is 0.241 e. The fraction of sp³-hybridized carbons (Fsp3) is 0.188. The number of imidazole rings is 1. The summed E-state index contributed by atoms with van der Waals surface area (Å²) in [7, 11) is -3.51. The highest BCUT2D eigenvalue weighted by Gasteiger charge is 2.15. The second kappa shape index (κ2) is 5.55. The molecule has 114 valence electrons. The van der Waals surface area contributed by atoms with Gasteiger partial charge in [0.05, 0.1) is 15.9 Å². The molecule has 0 saturated heterocycles. The Hall–Kier alpha value is -2.18. The highest BCUT2D eigenvalue weighted by Crippen LogP contribution is 2.16. The van der Waals surface area contributed by atoms with Crippen LogP contribution >= 0.6 is 0 Å². The highest BCUT2D eigenvalue weighted by molar-refractivity contribution is 7.89. The van der Waals surface area contributed by atoms with Gasteiger partial charge in [-0.25, -0.2) is 18.1 Å². The average molecular weight is 315 g/mol. The van der Waals surface area contributed by atoms with Crippen molar-refractivity contribution in [2.24, 2.45) is 0 Å². The lowest BCUT2D eigenvalue weighted by Gasteiger charge is -2.09. The van der Waals surface area contributed by atoms with Crippen LogP contribution in [0, 0.1) is 13.8 Å². The van der Waals surface area contributed by atoms with Crippen molar-refractivity contribution in [1.29, 1.82) is 0 Å². The lowest BCUT2D eigenvalue weighted by Crippen LogP contribution is -2.23. The zero-order valence-corrected chi connectivity index (χ0v) is 13.2. The summed E-state index contributed by atoms with van der Waals surface area (Å²) in [5.74, 6) is 0.840. The summed E-state index contributed by atoms with van der Waals surface area (Å²) < 4.78 is 27.4. The number of hydrogen-bond acceptors (Lipinski definition) is 3. The summed E-state index contributed by atoms with van der Waals surface area (Å²) in [6.45, 7) is 3.92. The van der Waals surface area contributed by atoms with Crippen molar-refractivity contribution in [3.8, 4) is 0 Å². The first-order chi connectivity index (χ1) is 10.5. The summed E-state index contributed by atoms with van der Waals surface area (Å²) >= 11 is 0. The van der Waals surface area contributed by atoms with Crippen LogP contribution in [0.3, 0.4) is 0 Å². The third-order valence-electron chi connectivity index (χ3n) is 3.51. The van der Waals surface area contributed by atoms with Crippen molar-refractivity contribution in [3.63, 3.8) is 0 Å². The first kappa shape index (κ1) is 14.7. The van der Waals surface area contributed by atoms with E-state index in [0.29, 0.717) is 4.90 Å². The number of nitrogens with zero attached hydrogens (tertiary/aromatic N) is 1. The molecule has 3 aromatic rings. The van der Waals surface area contributed by atoms with Crippen molar-refractivity contribution < 1.29 is 8.42 Å². The summed E-state index contributed by atoms with van der Waals surface area (Å²) in [6, 6.07) is 12.6. The summed E-state index contributed by atoms with van der Waals surface area (Å²) in [4.78, 5) is 7.79. The number of aryl methyl sites for hydroxylation is 2. The van der Waals surface area contributed by atoms with Gasteiger partial charge >= 0.3 is 0 Å². The molecule has 0 aliphatic heterocycles. The fourth-order valence-corrected chi connectivity index (χ4v) is 3.67. The molecular formula is C16H17N3O2S. The van der Waals surface area contributed by atoms with Crippen LogP contribution in [0.4, 0.5) is 0 Å². The van der Waals surface area contributed by atoms with Crippen LogP contribution in [0.25, 0.3) is 11.0 Å². The predicted molar refractivity (Wildman–Crippen MR) is 86.0 cm³/mol. The first-order valence-corrected chi connectivity index (χ1v) is 8.44. The molecule has 0 aliphatic carbocycles. The smallest absolute Gasteiger partial charge is 0.241 e. The SMILES string of the molecule is Cc1nc2ccc(CNS(=O)(=O)c3ccccc3C)cc2[nH]1. The first-order valence-electron chi connectivity index (χ1n) is 6.96. The van der Waals surface area contributed by atoms with Gasteiger partial charge in [-0.3, -0.25) is 0 Å². The van der Waals surface area contributed by atoms with Crippen molar-refractivity contribution in [3.05, 3.63) is 59.4 Å². The zero-order valence-electron chi connectivity index (χ0n) is 12.4. The molecular weight excluding hydrogens is 298 g/mol. The molecule has 0 atom stereocenters. The molecule has 0 spiro atoms. The monoisotopic (exact) mass is 315 g/mol. The molecule has 3 rings (SSSR count). The third kappa shape index (κ3) is 2.88. The van der Waals surface area contributed by atoms with Gasteiger partial charge < -0.3 is 4.98 Å². The minimum atomic E-state index is -3.51. The van der Waals surface area contributed by atoms with Crippen LogP contribution in [-0.2, 0) is 16.6 Å². The summed E-state index contributed by atoms with van der Waals surface area (Å²) in [5, 5.41) is 0. The molecule has 0 unspecified atom stereocenters. The Kier molecular flexibility index (Phi) is 3.72. The minimum absolute atomic E-state index is 0.241. The van der Waals surface area contributed by atoms with Gasteiger partial charge in [-0.05, 0) is 43.2 Å². The minimum Gasteiger partial charge on any atom is -0.342 e. The fourth-order valence-electron chi connectivity index (χ4n) is 2.41. The molecule has 2 N–H and O–H groups in total. The van der Waals surface area contributed by atoms with E-state index in [2.05, 4.69) is 14.7 Å². The predicted octanol–water partition coefficient (Wildman–Crippen LogP) is 2.66. The second-order valence-corrected chi connectivity index (χ2v) is 7.00. The topological polar surface area (TPSA) is 74.8 Å². The van der Waals surface area contributed by atoms with Crippen molar-refractivity contribution >= 4 is 21.1 Å². The lowest BCUT2D eigenvalue weighted by atomic mass is 10.2. The van der Waals surface area contributed by atoms with E-state index >= 15 is 0 Å². The molecule has 2 aromatic carbocycles. The van der Waals surface area contributed by atoms with E-state index in [-0.39, 0.29) is 6.54 Å². The van der Waals surface area contributed by atoms with Gasteiger partial charge in [0.2, 0.25) is 10.0 Å². The number of nitrogens with one attached hydrogen (secondary N) is 2. The van der Waals surface area contributed by atoms with Gasteiger partial charge in [-0.15, -0.1) is 0 Å². The van der Waals surface area contributed by atoms with Crippen LogP contribution in [-0.4, -0.2) is 18.4 Å². The van der Waals surface area contributed by atoms with E-state index < -0.39 is 10.0 Å². The Morgan fingerprint density at radius 2 is 1.91 bits per heavy atom. The second-order valence-electron chi connectivity index (χ2n) is 5.26. The number of hydrogen-bond donors (Lipinski definition) is 2. The van der Waals surface area contributed by atoms with E-state index in [9.17, 15) is 8.42 Å². The third-order valence-corrected chi connectivity index (χ3v) is 5.08. The maximum atomic E-state index is 12.4.